The third-order valence-corrected chi connectivity index (χ3v) is 2.78. The fourth-order valence-corrected chi connectivity index (χ4v) is 1.93. The lowest BCUT2D eigenvalue weighted by Gasteiger charge is -2.12. The molecule has 0 saturated heterocycles. The van der Waals surface area contributed by atoms with Crippen molar-refractivity contribution in [2.24, 2.45) is 11.5 Å². The zero-order valence-corrected chi connectivity index (χ0v) is 10.8. The molecule has 0 bridgehead atoms. The van der Waals surface area contributed by atoms with Gasteiger partial charge in [0.15, 0.2) is 0 Å². The standard InChI is InChI=1S/C13H13N3O2.ClH/c14-12(15)11(13(16)18)9-2-1-8-6-10(17)4-3-7(8)5-9;/h1-6,11,17H,(H3,14,15)(H2,16,18);1H. The number of hydrogen-bond acceptors (Lipinski definition) is 3. The van der Waals surface area contributed by atoms with Crippen molar-refractivity contribution in [2.75, 3.05) is 0 Å². The maximum Gasteiger partial charge on any atom is 0.232 e. The van der Waals surface area contributed by atoms with Gasteiger partial charge in [-0.1, -0.05) is 18.2 Å². The number of nitrogens with two attached hydrogens (primary N) is 2. The van der Waals surface area contributed by atoms with E-state index >= 15 is 0 Å². The number of nitrogens with one attached hydrogen (secondary N) is 1. The van der Waals surface area contributed by atoms with Crippen molar-refractivity contribution < 1.29 is 9.90 Å². The number of rotatable bonds is 3. The summed E-state index contributed by atoms with van der Waals surface area (Å²) in [5.41, 5.74) is 11.2. The summed E-state index contributed by atoms with van der Waals surface area (Å²) in [6, 6.07) is 10.1. The summed E-state index contributed by atoms with van der Waals surface area (Å²) in [6.45, 7) is 0. The van der Waals surface area contributed by atoms with Gasteiger partial charge in [0.05, 0.1) is 0 Å². The molecule has 1 unspecified atom stereocenters. The van der Waals surface area contributed by atoms with Crippen LogP contribution in [0.1, 0.15) is 11.5 Å². The zero-order chi connectivity index (χ0) is 13.3. The molecular weight excluding hydrogens is 266 g/mol. The summed E-state index contributed by atoms with van der Waals surface area (Å²) in [4.78, 5) is 11.3. The van der Waals surface area contributed by atoms with Crippen molar-refractivity contribution in [1.82, 2.24) is 0 Å². The summed E-state index contributed by atoms with van der Waals surface area (Å²) in [7, 11) is 0. The molecule has 100 valence electrons. The maximum absolute atomic E-state index is 11.3. The van der Waals surface area contributed by atoms with Gasteiger partial charge in [-0.2, -0.15) is 0 Å². The van der Waals surface area contributed by atoms with Crippen LogP contribution in [-0.4, -0.2) is 16.8 Å². The third kappa shape index (κ3) is 2.95. The Kier molecular flexibility index (Phi) is 4.34. The Bertz CT molecular complexity index is 629. The molecule has 0 saturated carbocycles. The Morgan fingerprint density at radius 3 is 2.26 bits per heavy atom. The van der Waals surface area contributed by atoms with E-state index < -0.39 is 11.8 Å². The summed E-state index contributed by atoms with van der Waals surface area (Å²) < 4.78 is 0. The molecule has 0 spiro atoms. The van der Waals surface area contributed by atoms with Crippen LogP contribution in [0, 0.1) is 5.41 Å². The molecule has 0 radical (unpaired) electrons. The summed E-state index contributed by atoms with van der Waals surface area (Å²) in [5.74, 6) is -1.67. The fourth-order valence-electron chi connectivity index (χ4n) is 1.93. The summed E-state index contributed by atoms with van der Waals surface area (Å²) in [6.07, 6.45) is 0. The molecule has 2 aromatic carbocycles. The van der Waals surface area contributed by atoms with Crippen molar-refractivity contribution in [2.45, 2.75) is 5.92 Å². The van der Waals surface area contributed by atoms with Gasteiger partial charge in [-0.15, -0.1) is 12.4 Å². The Hall–Kier alpha value is -2.27. The number of phenolic OH excluding ortho intramolecular Hbond substituents is 1. The van der Waals surface area contributed by atoms with Gasteiger partial charge in [0.25, 0.3) is 0 Å². The molecule has 0 aliphatic carbocycles. The second-order valence-corrected chi connectivity index (χ2v) is 4.08. The average molecular weight is 280 g/mol. The highest BCUT2D eigenvalue weighted by Gasteiger charge is 2.21. The Balaban J connectivity index is 0.00000180. The molecule has 2 rings (SSSR count). The number of fused-ring (bicyclic) bond motifs is 1. The quantitative estimate of drug-likeness (QED) is 0.504. The van der Waals surface area contributed by atoms with E-state index in [1.165, 1.54) is 0 Å². The minimum Gasteiger partial charge on any atom is -0.508 e. The maximum atomic E-state index is 11.3. The van der Waals surface area contributed by atoms with Crippen molar-refractivity contribution in [3.05, 3.63) is 42.0 Å². The van der Waals surface area contributed by atoms with Gasteiger partial charge in [-0.05, 0) is 34.5 Å². The normalized spacial score (nSPS) is 11.6. The Morgan fingerprint density at radius 2 is 1.68 bits per heavy atom. The number of carbonyl (C=O) groups is 1. The van der Waals surface area contributed by atoms with Crippen molar-refractivity contribution in [3.63, 3.8) is 0 Å². The van der Waals surface area contributed by atoms with Crippen LogP contribution in [0.15, 0.2) is 36.4 Å². The van der Waals surface area contributed by atoms with Gasteiger partial charge in [0.2, 0.25) is 5.91 Å². The molecular formula is C13H14ClN3O2. The number of amidine groups is 1. The van der Waals surface area contributed by atoms with E-state index in [-0.39, 0.29) is 24.0 Å². The lowest BCUT2D eigenvalue weighted by atomic mass is 9.95. The summed E-state index contributed by atoms with van der Waals surface area (Å²) in [5, 5.41) is 18.4. The molecule has 0 aromatic heterocycles. The van der Waals surface area contributed by atoms with Crippen LogP contribution in [-0.2, 0) is 4.79 Å². The molecule has 6 heteroatoms. The van der Waals surface area contributed by atoms with E-state index in [1.54, 1.807) is 36.4 Å². The number of carbonyl (C=O) groups excluding carboxylic acids is 1. The molecule has 5 nitrogen and oxygen atoms in total. The number of primary amides is 1. The van der Waals surface area contributed by atoms with Crippen molar-refractivity contribution in [1.29, 1.82) is 5.41 Å². The number of benzene rings is 2. The molecule has 19 heavy (non-hydrogen) atoms. The van der Waals surface area contributed by atoms with E-state index in [2.05, 4.69) is 0 Å². The van der Waals surface area contributed by atoms with Crippen LogP contribution < -0.4 is 11.5 Å². The highest BCUT2D eigenvalue weighted by atomic mass is 35.5. The van der Waals surface area contributed by atoms with Gasteiger partial charge >= 0.3 is 0 Å². The first kappa shape index (κ1) is 14.8. The number of amides is 1. The second-order valence-electron chi connectivity index (χ2n) is 4.08. The molecule has 0 aliphatic heterocycles. The van der Waals surface area contributed by atoms with Crippen molar-refractivity contribution in [3.8, 4) is 5.75 Å². The predicted octanol–water partition coefficient (Wildman–Crippen LogP) is 1.47. The minimum absolute atomic E-state index is 0. The first-order valence-electron chi connectivity index (χ1n) is 5.35. The monoisotopic (exact) mass is 279 g/mol. The van der Waals surface area contributed by atoms with Crippen molar-refractivity contribution >= 4 is 34.9 Å². The first-order chi connectivity index (χ1) is 8.49. The van der Waals surface area contributed by atoms with E-state index in [9.17, 15) is 9.90 Å². The highest BCUT2D eigenvalue weighted by molar-refractivity contribution is 6.06. The van der Waals surface area contributed by atoms with Gasteiger partial charge in [0.1, 0.15) is 17.5 Å². The van der Waals surface area contributed by atoms with Crippen LogP contribution in [0.2, 0.25) is 0 Å². The fraction of sp³-hybridized carbons (Fsp3) is 0.0769. The topological polar surface area (TPSA) is 113 Å². The second kappa shape index (κ2) is 5.58. The van der Waals surface area contributed by atoms with E-state index in [0.29, 0.717) is 5.56 Å². The smallest absolute Gasteiger partial charge is 0.232 e. The number of hydrogen-bond donors (Lipinski definition) is 4. The third-order valence-electron chi connectivity index (χ3n) is 2.78. The van der Waals surface area contributed by atoms with Gasteiger partial charge in [0, 0.05) is 0 Å². The SMILES string of the molecule is Cl.N=C(N)C(C(N)=O)c1ccc2cc(O)ccc2c1. The molecule has 2 aromatic rings. The average Bonchev–Trinajstić information content (AvgIpc) is 2.28. The molecule has 1 atom stereocenters. The molecule has 0 heterocycles. The van der Waals surface area contributed by atoms with E-state index in [1.807, 2.05) is 0 Å². The molecule has 0 fully saturated rings. The van der Waals surface area contributed by atoms with Crippen LogP contribution in [0.3, 0.4) is 0 Å². The lowest BCUT2D eigenvalue weighted by molar-refractivity contribution is -0.118. The molecule has 0 aliphatic rings. The summed E-state index contributed by atoms with van der Waals surface area (Å²) >= 11 is 0. The molecule has 1 amide bonds. The number of aromatic hydroxyl groups is 1. The Morgan fingerprint density at radius 1 is 1.11 bits per heavy atom. The van der Waals surface area contributed by atoms with Crippen LogP contribution in [0.25, 0.3) is 10.8 Å². The zero-order valence-electron chi connectivity index (χ0n) is 9.96. The minimum atomic E-state index is -0.914. The highest BCUT2D eigenvalue weighted by Crippen LogP contribution is 2.24. The van der Waals surface area contributed by atoms with Gasteiger partial charge in [-0.25, -0.2) is 0 Å². The van der Waals surface area contributed by atoms with E-state index in [4.69, 9.17) is 16.9 Å². The number of phenols is 1. The largest absolute Gasteiger partial charge is 0.508 e. The predicted molar refractivity (Wildman–Crippen MR) is 76.7 cm³/mol. The van der Waals surface area contributed by atoms with Crippen LogP contribution in [0.4, 0.5) is 0 Å². The Labute approximate surface area is 116 Å². The molecule has 6 N–H and O–H groups in total. The van der Waals surface area contributed by atoms with Crippen LogP contribution in [0.5, 0.6) is 5.75 Å². The van der Waals surface area contributed by atoms with Gasteiger partial charge < -0.3 is 16.6 Å². The van der Waals surface area contributed by atoms with Gasteiger partial charge in [-0.3, -0.25) is 10.2 Å². The van der Waals surface area contributed by atoms with Crippen LogP contribution >= 0.6 is 12.4 Å². The first-order valence-corrected chi connectivity index (χ1v) is 5.35. The number of halogens is 1. The lowest BCUT2D eigenvalue weighted by Crippen LogP contribution is -2.32. The van der Waals surface area contributed by atoms with E-state index in [0.717, 1.165) is 10.8 Å².